The van der Waals surface area contributed by atoms with Crippen LogP contribution in [0.2, 0.25) is 0 Å². The fraction of sp³-hybridized carbons (Fsp3) is 0.421. The van der Waals surface area contributed by atoms with Crippen molar-refractivity contribution in [1.82, 2.24) is 4.90 Å². The molecule has 5 nitrogen and oxygen atoms in total. The molecule has 0 aliphatic carbocycles. The first-order chi connectivity index (χ1) is 12.2. The lowest BCUT2D eigenvalue weighted by Crippen LogP contribution is -2.27. The summed E-state index contributed by atoms with van der Waals surface area (Å²) in [5.41, 5.74) is 1.10. The Morgan fingerprint density at radius 2 is 2.04 bits per heavy atom. The van der Waals surface area contributed by atoms with Crippen LogP contribution >= 0.6 is 11.3 Å². The van der Waals surface area contributed by atoms with Gasteiger partial charge in [-0.25, -0.2) is 0 Å². The van der Waals surface area contributed by atoms with Crippen molar-refractivity contribution in [2.45, 2.75) is 18.9 Å². The van der Waals surface area contributed by atoms with Crippen molar-refractivity contribution in [1.29, 1.82) is 0 Å². The highest BCUT2D eigenvalue weighted by molar-refractivity contribution is 7.14. The number of carbonyl (C=O) groups is 1. The van der Waals surface area contributed by atoms with Crippen LogP contribution in [-0.4, -0.2) is 45.2 Å². The molecule has 25 heavy (non-hydrogen) atoms. The number of rotatable bonds is 6. The van der Waals surface area contributed by atoms with Crippen LogP contribution in [0.5, 0.6) is 11.5 Å². The Hall–Kier alpha value is -2.05. The molecule has 1 amide bonds. The normalized spacial score (nSPS) is 16.9. The fourth-order valence-electron chi connectivity index (χ4n) is 3.23. The van der Waals surface area contributed by atoms with E-state index in [-0.39, 0.29) is 11.8 Å². The topological polar surface area (TPSA) is 48.0 Å². The molecular formula is C19H23NO4S. The van der Waals surface area contributed by atoms with Crippen molar-refractivity contribution >= 4 is 17.2 Å². The highest BCUT2D eigenvalue weighted by Gasteiger charge is 2.30. The van der Waals surface area contributed by atoms with Gasteiger partial charge in [0.05, 0.1) is 25.7 Å². The van der Waals surface area contributed by atoms with Crippen LogP contribution in [-0.2, 0) is 11.3 Å². The summed E-state index contributed by atoms with van der Waals surface area (Å²) in [6.45, 7) is 1.99. The number of nitrogens with zero attached hydrogens (tertiary/aromatic N) is 1. The van der Waals surface area contributed by atoms with Gasteiger partial charge in [-0.2, -0.15) is 0 Å². The van der Waals surface area contributed by atoms with E-state index in [2.05, 4.69) is 0 Å². The Bertz CT molecular complexity index is 743. The van der Waals surface area contributed by atoms with Gasteiger partial charge in [0.2, 0.25) is 0 Å². The molecule has 0 saturated carbocycles. The lowest BCUT2D eigenvalue weighted by atomic mass is 9.97. The van der Waals surface area contributed by atoms with E-state index in [1.807, 2.05) is 35.2 Å². The first-order valence-electron chi connectivity index (χ1n) is 8.25. The number of thiophene rings is 1. The molecule has 0 radical (unpaired) electrons. The number of hydrogen-bond acceptors (Lipinski definition) is 5. The molecule has 6 heteroatoms. The van der Waals surface area contributed by atoms with Crippen LogP contribution in [0.15, 0.2) is 30.3 Å². The highest BCUT2D eigenvalue weighted by atomic mass is 32.1. The zero-order valence-corrected chi connectivity index (χ0v) is 15.6. The molecule has 2 heterocycles. The molecule has 1 atom stereocenters. The molecule has 0 unspecified atom stereocenters. The molecule has 3 rings (SSSR count). The van der Waals surface area contributed by atoms with Crippen molar-refractivity contribution in [2.75, 3.05) is 34.4 Å². The smallest absolute Gasteiger partial charge is 0.263 e. The maximum Gasteiger partial charge on any atom is 0.263 e. The standard InChI is InChI=1S/C19H23NO4S/c1-22-12-15-5-7-18(25-15)19(21)20-9-8-13(11-20)16-10-14(23-2)4-6-17(16)24-3/h4-7,10,13H,8-9,11-12H2,1-3H3/t13-/m1/s1. The SMILES string of the molecule is COCc1ccc(C(=O)N2CC[C@@H](c3cc(OC)ccc3OC)C2)s1. The van der Waals surface area contributed by atoms with Gasteiger partial charge in [0.25, 0.3) is 5.91 Å². The number of likely N-dealkylation sites (tertiary alicyclic amines) is 1. The van der Waals surface area contributed by atoms with E-state index >= 15 is 0 Å². The second-order valence-electron chi connectivity index (χ2n) is 6.04. The van der Waals surface area contributed by atoms with Crippen LogP contribution < -0.4 is 9.47 Å². The number of carbonyl (C=O) groups excluding carboxylic acids is 1. The lowest BCUT2D eigenvalue weighted by molar-refractivity contribution is 0.0795. The summed E-state index contributed by atoms with van der Waals surface area (Å²) in [7, 11) is 4.99. The number of benzene rings is 1. The fourth-order valence-corrected chi connectivity index (χ4v) is 4.17. The van der Waals surface area contributed by atoms with Gasteiger partial charge in [-0.15, -0.1) is 11.3 Å². The highest BCUT2D eigenvalue weighted by Crippen LogP contribution is 2.36. The van der Waals surface area contributed by atoms with Crippen molar-refractivity contribution in [3.8, 4) is 11.5 Å². The summed E-state index contributed by atoms with van der Waals surface area (Å²) < 4.78 is 16.0. The number of amides is 1. The monoisotopic (exact) mass is 361 g/mol. The average Bonchev–Trinajstić information content (AvgIpc) is 3.30. The lowest BCUT2D eigenvalue weighted by Gasteiger charge is -2.18. The summed E-state index contributed by atoms with van der Waals surface area (Å²) in [5, 5.41) is 0. The molecule has 1 aliphatic rings. The van der Waals surface area contributed by atoms with Crippen molar-refractivity contribution in [3.63, 3.8) is 0 Å². The van der Waals surface area contributed by atoms with Gasteiger partial charge in [-0.05, 0) is 36.8 Å². The van der Waals surface area contributed by atoms with Gasteiger partial charge >= 0.3 is 0 Å². The molecule has 1 saturated heterocycles. The van der Waals surface area contributed by atoms with Crippen molar-refractivity contribution in [2.24, 2.45) is 0 Å². The molecule has 1 aliphatic heterocycles. The Morgan fingerprint density at radius 1 is 1.20 bits per heavy atom. The van der Waals surface area contributed by atoms with Gasteiger partial charge in [0.1, 0.15) is 11.5 Å². The van der Waals surface area contributed by atoms with Crippen LogP contribution in [0.25, 0.3) is 0 Å². The molecule has 0 N–H and O–H groups in total. The maximum atomic E-state index is 12.8. The number of ether oxygens (including phenoxy) is 3. The first-order valence-corrected chi connectivity index (χ1v) is 9.06. The van der Waals surface area contributed by atoms with Crippen LogP contribution in [0, 0.1) is 0 Å². The summed E-state index contributed by atoms with van der Waals surface area (Å²) >= 11 is 1.50. The molecule has 1 aromatic heterocycles. The molecule has 1 aromatic carbocycles. The van der Waals surface area contributed by atoms with E-state index in [4.69, 9.17) is 14.2 Å². The second kappa shape index (κ2) is 7.89. The van der Waals surface area contributed by atoms with E-state index in [1.54, 1.807) is 21.3 Å². The Kier molecular flexibility index (Phi) is 5.60. The van der Waals surface area contributed by atoms with E-state index in [9.17, 15) is 4.79 Å². The third kappa shape index (κ3) is 3.80. The van der Waals surface area contributed by atoms with E-state index in [0.717, 1.165) is 39.8 Å². The largest absolute Gasteiger partial charge is 0.497 e. The summed E-state index contributed by atoms with van der Waals surface area (Å²) in [4.78, 5) is 16.5. The first kappa shape index (κ1) is 17.8. The molecule has 1 fully saturated rings. The van der Waals surface area contributed by atoms with Crippen molar-refractivity contribution < 1.29 is 19.0 Å². The van der Waals surface area contributed by atoms with E-state index in [1.165, 1.54) is 11.3 Å². The van der Waals surface area contributed by atoms with Gasteiger partial charge in [0, 0.05) is 36.6 Å². The van der Waals surface area contributed by atoms with Crippen LogP contribution in [0.1, 0.15) is 32.5 Å². The summed E-state index contributed by atoms with van der Waals surface area (Å²) in [6, 6.07) is 9.68. The third-order valence-electron chi connectivity index (χ3n) is 4.51. The van der Waals surface area contributed by atoms with Gasteiger partial charge in [-0.3, -0.25) is 4.79 Å². The Morgan fingerprint density at radius 3 is 2.76 bits per heavy atom. The summed E-state index contributed by atoms with van der Waals surface area (Å²) in [6.07, 6.45) is 0.922. The quantitative estimate of drug-likeness (QED) is 0.790. The average molecular weight is 361 g/mol. The van der Waals surface area contributed by atoms with Crippen LogP contribution in [0.3, 0.4) is 0 Å². The molecule has 0 bridgehead atoms. The zero-order chi connectivity index (χ0) is 17.8. The van der Waals surface area contributed by atoms with E-state index < -0.39 is 0 Å². The minimum atomic E-state index is 0.0942. The van der Waals surface area contributed by atoms with Crippen molar-refractivity contribution in [3.05, 3.63) is 45.6 Å². The minimum Gasteiger partial charge on any atom is -0.497 e. The van der Waals surface area contributed by atoms with Gasteiger partial charge < -0.3 is 19.1 Å². The molecular weight excluding hydrogens is 338 g/mol. The Balaban J connectivity index is 1.73. The third-order valence-corrected chi connectivity index (χ3v) is 5.56. The molecule has 0 spiro atoms. The van der Waals surface area contributed by atoms with Gasteiger partial charge in [-0.1, -0.05) is 0 Å². The molecule has 134 valence electrons. The summed E-state index contributed by atoms with van der Waals surface area (Å²) in [5.74, 6) is 2.01. The zero-order valence-electron chi connectivity index (χ0n) is 14.8. The Labute approximate surface area is 152 Å². The van der Waals surface area contributed by atoms with E-state index in [0.29, 0.717) is 13.2 Å². The second-order valence-corrected chi connectivity index (χ2v) is 7.21. The maximum absolute atomic E-state index is 12.8. The number of hydrogen-bond donors (Lipinski definition) is 0. The van der Waals surface area contributed by atoms with Gasteiger partial charge in [0.15, 0.2) is 0 Å². The predicted octanol–water partition coefficient (Wildman–Crippen LogP) is 3.54. The number of methoxy groups -OCH3 is 3. The minimum absolute atomic E-state index is 0.0942. The predicted molar refractivity (Wildman–Crippen MR) is 97.8 cm³/mol. The molecule has 2 aromatic rings. The van der Waals surface area contributed by atoms with Crippen LogP contribution in [0.4, 0.5) is 0 Å².